The molecule has 1 aromatic rings. The molecule has 1 aromatic heterocycles. The molecule has 0 radical (unpaired) electrons. The number of aldehydes is 1. The Balaban J connectivity index is 2.42. The van der Waals surface area contributed by atoms with Crippen LogP contribution in [0.2, 0.25) is 0 Å². The van der Waals surface area contributed by atoms with Crippen molar-refractivity contribution in [3.05, 3.63) is 11.9 Å². The predicted molar refractivity (Wildman–Crippen MR) is 54.9 cm³/mol. The molecule has 7 heteroatoms. The van der Waals surface area contributed by atoms with Gasteiger partial charge in [0.25, 0.3) is 0 Å². The first kappa shape index (κ1) is 12.3. The van der Waals surface area contributed by atoms with E-state index >= 15 is 0 Å². The van der Waals surface area contributed by atoms with Crippen LogP contribution in [0.1, 0.15) is 17.4 Å². The molecule has 1 heterocycles. The summed E-state index contributed by atoms with van der Waals surface area (Å²) >= 11 is 0. The Labute approximate surface area is 92.8 Å². The molecule has 16 heavy (non-hydrogen) atoms. The van der Waals surface area contributed by atoms with Crippen LogP contribution in [0.3, 0.4) is 0 Å². The number of aromatic nitrogens is 3. The van der Waals surface area contributed by atoms with Crippen molar-refractivity contribution in [1.29, 1.82) is 0 Å². The molecule has 88 valence electrons. The van der Waals surface area contributed by atoms with Crippen molar-refractivity contribution in [2.24, 2.45) is 0 Å². The number of rotatable bonds is 6. The van der Waals surface area contributed by atoms with Crippen molar-refractivity contribution in [3.63, 3.8) is 0 Å². The fourth-order valence-corrected chi connectivity index (χ4v) is 1.20. The molecule has 1 atom stereocenters. The van der Waals surface area contributed by atoms with Crippen LogP contribution >= 0.6 is 0 Å². The number of hydrogen-bond donors (Lipinski definition) is 1. The zero-order valence-corrected chi connectivity index (χ0v) is 9.21. The molecular formula is C9H14N4O3. The summed E-state index contributed by atoms with van der Waals surface area (Å²) in [6.07, 6.45) is 1.99. The number of nitrogens with zero attached hydrogens (tertiary/aromatic N) is 3. The van der Waals surface area contributed by atoms with Gasteiger partial charge in [0, 0.05) is 13.2 Å². The van der Waals surface area contributed by atoms with E-state index in [1.165, 1.54) is 10.9 Å². The average Bonchev–Trinajstić information content (AvgIpc) is 2.65. The van der Waals surface area contributed by atoms with Gasteiger partial charge in [0.15, 0.2) is 6.29 Å². The third-order valence-electron chi connectivity index (χ3n) is 1.81. The molecular weight excluding hydrogens is 212 g/mol. The van der Waals surface area contributed by atoms with Gasteiger partial charge in [0.2, 0.25) is 5.91 Å². The van der Waals surface area contributed by atoms with E-state index in [9.17, 15) is 9.59 Å². The van der Waals surface area contributed by atoms with Crippen LogP contribution in [-0.4, -0.2) is 46.9 Å². The van der Waals surface area contributed by atoms with Crippen molar-refractivity contribution in [2.75, 3.05) is 13.7 Å². The van der Waals surface area contributed by atoms with Gasteiger partial charge in [-0.2, -0.15) is 0 Å². The molecule has 1 unspecified atom stereocenters. The molecule has 0 aliphatic carbocycles. The van der Waals surface area contributed by atoms with E-state index in [4.69, 9.17) is 4.74 Å². The van der Waals surface area contributed by atoms with Crippen LogP contribution < -0.4 is 5.32 Å². The van der Waals surface area contributed by atoms with Crippen molar-refractivity contribution < 1.29 is 14.3 Å². The monoisotopic (exact) mass is 226 g/mol. The lowest BCUT2D eigenvalue weighted by molar-refractivity contribution is -0.122. The molecule has 0 aromatic carbocycles. The summed E-state index contributed by atoms with van der Waals surface area (Å²) in [6, 6.07) is -0.0634. The molecule has 0 saturated heterocycles. The van der Waals surface area contributed by atoms with Crippen molar-refractivity contribution in [1.82, 2.24) is 20.3 Å². The fraction of sp³-hybridized carbons (Fsp3) is 0.556. The molecule has 0 fully saturated rings. The maximum Gasteiger partial charge on any atom is 0.242 e. The number of carbonyl (C=O) groups is 2. The van der Waals surface area contributed by atoms with E-state index in [0.29, 0.717) is 12.9 Å². The first-order valence-electron chi connectivity index (χ1n) is 4.79. The number of ether oxygens (including phenoxy) is 1. The van der Waals surface area contributed by atoms with E-state index in [-0.39, 0.29) is 24.2 Å². The predicted octanol–water partition coefficient (Wildman–Crippen LogP) is -0.758. The lowest BCUT2D eigenvalue weighted by Gasteiger charge is -2.12. The second-order valence-corrected chi connectivity index (χ2v) is 3.38. The highest BCUT2D eigenvalue weighted by atomic mass is 16.5. The lowest BCUT2D eigenvalue weighted by Crippen LogP contribution is -2.37. The van der Waals surface area contributed by atoms with E-state index in [1.807, 2.05) is 6.92 Å². The Hall–Kier alpha value is -1.76. The van der Waals surface area contributed by atoms with Gasteiger partial charge < -0.3 is 10.1 Å². The highest BCUT2D eigenvalue weighted by Gasteiger charge is 2.08. The molecule has 0 aliphatic rings. The minimum atomic E-state index is -0.202. The van der Waals surface area contributed by atoms with Crippen molar-refractivity contribution in [2.45, 2.75) is 19.5 Å². The minimum Gasteiger partial charge on any atom is -0.383 e. The topological polar surface area (TPSA) is 86.1 Å². The van der Waals surface area contributed by atoms with Gasteiger partial charge in [-0.3, -0.25) is 9.59 Å². The molecule has 0 spiro atoms. The summed E-state index contributed by atoms with van der Waals surface area (Å²) in [6.45, 7) is 2.32. The molecule has 1 N–H and O–H groups in total. The van der Waals surface area contributed by atoms with Crippen LogP contribution in [-0.2, 0) is 16.1 Å². The van der Waals surface area contributed by atoms with E-state index in [0.717, 1.165) is 0 Å². The summed E-state index contributed by atoms with van der Waals surface area (Å²) in [4.78, 5) is 21.8. The van der Waals surface area contributed by atoms with E-state index in [2.05, 4.69) is 15.6 Å². The SMILES string of the molecule is COCC(C)NC(=O)Cn1cc(C=O)nn1. The quantitative estimate of drug-likeness (QED) is 0.644. The molecule has 0 aliphatic heterocycles. The third kappa shape index (κ3) is 3.77. The summed E-state index contributed by atoms with van der Waals surface area (Å²) in [5.74, 6) is -0.202. The zero-order chi connectivity index (χ0) is 12.0. The summed E-state index contributed by atoms with van der Waals surface area (Å²) < 4.78 is 6.18. The number of methoxy groups -OCH3 is 1. The normalized spacial score (nSPS) is 12.1. The van der Waals surface area contributed by atoms with Crippen LogP contribution in [0.15, 0.2) is 6.20 Å². The molecule has 1 amide bonds. The standard InChI is InChI=1S/C9H14N4O3/c1-7(6-16-2)10-9(15)4-13-3-8(5-14)11-12-13/h3,5,7H,4,6H2,1-2H3,(H,10,15). The summed E-state index contributed by atoms with van der Waals surface area (Å²) in [5, 5.41) is 9.88. The Bertz CT molecular complexity index is 363. The molecule has 0 saturated carbocycles. The Morgan fingerprint density at radius 2 is 2.50 bits per heavy atom. The van der Waals surface area contributed by atoms with Crippen LogP contribution in [0.5, 0.6) is 0 Å². The fourth-order valence-electron chi connectivity index (χ4n) is 1.20. The van der Waals surface area contributed by atoms with Gasteiger partial charge in [0.05, 0.1) is 12.8 Å². The lowest BCUT2D eigenvalue weighted by atomic mass is 10.3. The average molecular weight is 226 g/mol. The van der Waals surface area contributed by atoms with Crippen LogP contribution in [0.25, 0.3) is 0 Å². The maximum absolute atomic E-state index is 11.5. The molecule has 1 rings (SSSR count). The molecule has 7 nitrogen and oxygen atoms in total. The van der Waals surface area contributed by atoms with Crippen LogP contribution in [0, 0.1) is 0 Å². The van der Waals surface area contributed by atoms with Gasteiger partial charge in [0.1, 0.15) is 12.2 Å². The third-order valence-corrected chi connectivity index (χ3v) is 1.81. The highest BCUT2D eigenvalue weighted by molar-refractivity contribution is 5.76. The highest BCUT2D eigenvalue weighted by Crippen LogP contribution is 1.89. The number of carbonyl (C=O) groups excluding carboxylic acids is 2. The summed E-state index contributed by atoms with van der Waals surface area (Å²) in [5.41, 5.74) is 0.206. The van der Waals surface area contributed by atoms with Gasteiger partial charge in [-0.05, 0) is 6.92 Å². The molecule has 0 bridgehead atoms. The first-order valence-corrected chi connectivity index (χ1v) is 4.79. The van der Waals surface area contributed by atoms with Gasteiger partial charge in [-0.25, -0.2) is 4.68 Å². The first-order chi connectivity index (χ1) is 7.65. The Kier molecular flexibility index (Phi) is 4.59. The smallest absolute Gasteiger partial charge is 0.242 e. The largest absolute Gasteiger partial charge is 0.383 e. The minimum absolute atomic E-state index is 0.0366. The van der Waals surface area contributed by atoms with Gasteiger partial charge >= 0.3 is 0 Å². The van der Waals surface area contributed by atoms with Crippen molar-refractivity contribution in [3.8, 4) is 0 Å². The second kappa shape index (κ2) is 5.96. The number of nitrogens with one attached hydrogen (secondary N) is 1. The number of amides is 1. The Morgan fingerprint density at radius 3 is 3.06 bits per heavy atom. The zero-order valence-electron chi connectivity index (χ0n) is 9.21. The Morgan fingerprint density at radius 1 is 1.75 bits per heavy atom. The summed E-state index contributed by atoms with van der Waals surface area (Å²) in [7, 11) is 1.57. The van der Waals surface area contributed by atoms with E-state index < -0.39 is 0 Å². The number of hydrogen-bond acceptors (Lipinski definition) is 5. The maximum atomic E-state index is 11.5. The van der Waals surface area contributed by atoms with Gasteiger partial charge in [-0.1, -0.05) is 5.21 Å². The van der Waals surface area contributed by atoms with Crippen molar-refractivity contribution >= 4 is 12.2 Å². The van der Waals surface area contributed by atoms with Crippen LogP contribution in [0.4, 0.5) is 0 Å². The van der Waals surface area contributed by atoms with E-state index in [1.54, 1.807) is 7.11 Å². The van der Waals surface area contributed by atoms with Gasteiger partial charge in [-0.15, -0.1) is 5.10 Å². The second-order valence-electron chi connectivity index (χ2n) is 3.38.